The van der Waals surface area contributed by atoms with Gasteiger partial charge in [0.15, 0.2) is 0 Å². The van der Waals surface area contributed by atoms with Gasteiger partial charge in [-0.3, -0.25) is 9.36 Å². The maximum Gasteiger partial charge on any atom is 0.232 e. The SMILES string of the molecule is O=C(CC1SCc2ccccc21)n1ccc2ccccc21. The molecule has 1 aliphatic heterocycles. The molecule has 0 bridgehead atoms. The number of benzene rings is 2. The zero-order chi connectivity index (χ0) is 14.2. The monoisotopic (exact) mass is 293 g/mol. The summed E-state index contributed by atoms with van der Waals surface area (Å²) in [7, 11) is 0. The van der Waals surface area contributed by atoms with Crippen LogP contribution in [0.15, 0.2) is 60.8 Å². The van der Waals surface area contributed by atoms with Gasteiger partial charge in [0.1, 0.15) is 0 Å². The molecule has 0 spiro atoms. The normalized spacial score (nSPS) is 17.0. The van der Waals surface area contributed by atoms with Gasteiger partial charge in [0.25, 0.3) is 0 Å². The first-order chi connectivity index (χ1) is 10.3. The molecule has 21 heavy (non-hydrogen) atoms. The molecule has 4 rings (SSSR count). The number of carbonyl (C=O) groups is 1. The average molecular weight is 293 g/mol. The third-order valence-corrected chi connectivity index (χ3v) is 5.37. The lowest BCUT2D eigenvalue weighted by Crippen LogP contribution is -2.11. The number of hydrogen-bond donors (Lipinski definition) is 0. The molecule has 1 aliphatic rings. The number of nitrogens with zero attached hydrogens (tertiary/aromatic N) is 1. The van der Waals surface area contributed by atoms with Crippen LogP contribution in [0.3, 0.4) is 0 Å². The Hall–Kier alpha value is -2.00. The molecule has 0 amide bonds. The number of thioether (sulfide) groups is 1. The Labute approximate surface area is 127 Å². The van der Waals surface area contributed by atoms with E-state index in [0.29, 0.717) is 6.42 Å². The fourth-order valence-corrected chi connectivity index (χ4v) is 4.30. The summed E-state index contributed by atoms with van der Waals surface area (Å²) >= 11 is 1.87. The first kappa shape index (κ1) is 12.7. The number of carbonyl (C=O) groups excluding carboxylic acids is 1. The van der Waals surface area contributed by atoms with Crippen LogP contribution in [0.1, 0.15) is 27.6 Å². The lowest BCUT2D eigenvalue weighted by molar-refractivity contribution is 0.0907. The average Bonchev–Trinajstić information content (AvgIpc) is 3.12. The van der Waals surface area contributed by atoms with E-state index in [1.165, 1.54) is 11.1 Å². The Bertz CT molecular complexity index is 821. The summed E-state index contributed by atoms with van der Waals surface area (Å²) < 4.78 is 1.79. The molecule has 0 aliphatic carbocycles. The van der Waals surface area contributed by atoms with Crippen LogP contribution >= 0.6 is 11.8 Å². The van der Waals surface area contributed by atoms with E-state index in [1.54, 1.807) is 4.57 Å². The molecule has 1 atom stereocenters. The topological polar surface area (TPSA) is 22.0 Å². The Morgan fingerprint density at radius 2 is 1.90 bits per heavy atom. The van der Waals surface area contributed by atoms with E-state index in [0.717, 1.165) is 16.7 Å². The second-order valence-corrected chi connectivity index (χ2v) is 6.53. The van der Waals surface area contributed by atoms with Crippen molar-refractivity contribution in [2.75, 3.05) is 0 Å². The smallest absolute Gasteiger partial charge is 0.232 e. The van der Waals surface area contributed by atoms with Gasteiger partial charge in [-0.2, -0.15) is 0 Å². The van der Waals surface area contributed by atoms with Gasteiger partial charge in [0, 0.05) is 29.0 Å². The molecule has 0 saturated carbocycles. The van der Waals surface area contributed by atoms with Crippen molar-refractivity contribution in [2.45, 2.75) is 17.4 Å². The molecule has 2 aromatic carbocycles. The van der Waals surface area contributed by atoms with Crippen molar-refractivity contribution in [2.24, 2.45) is 0 Å². The van der Waals surface area contributed by atoms with Crippen molar-refractivity contribution in [3.63, 3.8) is 0 Å². The Kier molecular flexibility index (Phi) is 3.08. The Morgan fingerprint density at radius 3 is 2.86 bits per heavy atom. The maximum atomic E-state index is 12.6. The molecule has 0 radical (unpaired) electrons. The summed E-state index contributed by atoms with van der Waals surface area (Å²) in [6, 6.07) is 18.5. The van der Waals surface area contributed by atoms with Crippen LogP contribution in [0.5, 0.6) is 0 Å². The maximum absolute atomic E-state index is 12.6. The third-order valence-electron chi connectivity index (χ3n) is 4.07. The number of para-hydroxylation sites is 1. The highest BCUT2D eigenvalue weighted by molar-refractivity contribution is 7.99. The molecule has 2 nitrogen and oxygen atoms in total. The quantitative estimate of drug-likeness (QED) is 0.685. The molecular formula is C18H15NOS. The van der Waals surface area contributed by atoms with Crippen LogP contribution in [-0.2, 0) is 5.75 Å². The summed E-state index contributed by atoms with van der Waals surface area (Å²) in [6.07, 6.45) is 2.44. The number of aromatic nitrogens is 1. The number of hydrogen-bond acceptors (Lipinski definition) is 2. The van der Waals surface area contributed by atoms with Crippen LogP contribution < -0.4 is 0 Å². The second-order valence-electron chi connectivity index (χ2n) is 5.34. The molecule has 1 unspecified atom stereocenters. The van der Waals surface area contributed by atoms with Crippen molar-refractivity contribution in [3.05, 3.63) is 71.9 Å². The molecule has 3 aromatic rings. The van der Waals surface area contributed by atoms with Gasteiger partial charge < -0.3 is 0 Å². The van der Waals surface area contributed by atoms with Gasteiger partial charge in [-0.15, -0.1) is 11.8 Å². The zero-order valence-electron chi connectivity index (χ0n) is 11.5. The van der Waals surface area contributed by atoms with Crippen LogP contribution in [0.25, 0.3) is 10.9 Å². The molecule has 104 valence electrons. The second kappa shape index (κ2) is 5.08. The molecule has 0 N–H and O–H groups in total. The minimum atomic E-state index is 0.172. The van der Waals surface area contributed by atoms with Crippen LogP contribution in [-0.4, -0.2) is 10.5 Å². The minimum Gasteiger partial charge on any atom is -0.287 e. The Balaban J connectivity index is 1.62. The van der Waals surface area contributed by atoms with Crippen LogP contribution in [0.2, 0.25) is 0 Å². The lowest BCUT2D eigenvalue weighted by atomic mass is 10.0. The first-order valence-electron chi connectivity index (χ1n) is 7.11. The lowest BCUT2D eigenvalue weighted by Gasteiger charge is -2.11. The van der Waals surface area contributed by atoms with E-state index < -0.39 is 0 Å². The molecular weight excluding hydrogens is 278 g/mol. The van der Waals surface area contributed by atoms with Crippen molar-refractivity contribution in [3.8, 4) is 0 Å². The number of rotatable bonds is 2. The van der Waals surface area contributed by atoms with Crippen molar-refractivity contribution in [1.82, 2.24) is 4.57 Å². The Morgan fingerprint density at radius 1 is 1.10 bits per heavy atom. The largest absolute Gasteiger partial charge is 0.287 e. The highest BCUT2D eigenvalue weighted by Crippen LogP contribution is 2.43. The summed E-state index contributed by atoms with van der Waals surface area (Å²) in [4.78, 5) is 12.6. The van der Waals surface area contributed by atoms with E-state index in [1.807, 2.05) is 48.3 Å². The molecule has 1 aromatic heterocycles. The van der Waals surface area contributed by atoms with E-state index in [2.05, 4.69) is 24.3 Å². The van der Waals surface area contributed by atoms with E-state index in [9.17, 15) is 4.79 Å². The van der Waals surface area contributed by atoms with Gasteiger partial charge >= 0.3 is 0 Å². The molecule has 0 fully saturated rings. The standard InChI is InChI=1S/C18H15NOS/c20-18(19-10-9-13-5-2-4-8-16(13)19)11-17-15-7-3-1-6-14(15)12-21-17/h1-10,17H,11-12H2. The van der Waals surface area contributed by atoms with Gasteiger partial charge in [0.05, 0.1) is 5.52 Å². The van der Waals surface area contributed by atoms with Gasteiger partial charge in [0.2, 0.25) is 5.91 Å². The number of fused-ring (bicyclic) bond motifs is 2. The summed E-state index contributed by atoms with van der Waals surface area (Å²) in [5.41, 5.74) is 3.70. The summed E-state index contributed by atoms with van der Waals surface area (Å²) in [6.45, 7) is 0. The van der Waals surface area contributed by atoms with Gasteiger partial charge in [-0.25, -0.2) is 0 Å². The van der Waals surface area contributed by atoms with E-state index >= 15 is 0 Å². The molecule has 3 heteroatoms. The molecule has 0 saturated heterocycles. The van der Waals surface area contributed by atoms with E-state index in [4.69, 9.17) is 0 Å². The highest BCUT2D eigenvalue weighted by atomic mass is 32.2. The summed E-state index contributed by atoms with van der Waals surface area (Å²) in [5.74, 6) is 1.19. The van der Waals surface area contributed by atoms with Gasteiger partial charge in [-0.05, 0) is 23.3 Å². The predicted molar refractivity (Wildman–Crippen MR) is 87.7 cm³/mol. The van der Waals surface area contributed by atoms with Crippen molar-refractivity contribution >= 4 is 28.6 Å². The zero-order valence-corrected chi connectivity index (χ0v) is 12.3. The molecule has 2 heterocycles. The van der Waals surface area contributed by atoms with Crippen molar-refractivity contribution in [1.29, 1.82) is 0 Å². The summed E-state index contributed by atoms with van der Waals surface area (Å²) in [5, 5.41) is 1.40. The fourth-order valence-electron chi connectivity index (χ4n) is 2.99. The fraction of sp³-hybridized carbons (Fsp3) is 0.167. The third kappa shape index (κ3) is 2.18. The van der Waals surface area contributed by atoms with Crippen molar-refractivity contribution < 1.29 is 4.79 Å². The first-order valence-corrected chi connectivity index (χ1v) is 8.16. The van der Waals surface area contributed by atoms with E-state index in [-0.39, 0.29) is 11.2 Å². The predicted octanol–water partition coefficient (Wildman–Crippen LogP) is 4.66. The van der Waals surface area contributed by atoms with Gasteiger partial charge in [-0.1, -0.05) is 42.5 Å². The van der Waals surface area contributed by atoms with Crippen LogP contribution in [0, 0.1) is 0 Å². The van der Waals surface area contributed by atoms with Crippen LogP contribution in [0.4, 0.5) is 0 Å². The minimum absolute atomic E-state index is 0.172. The highest BCUT2D eigenvalue weighted by Gasteiger charge is 2.25.